The van der Waals surface area contributed by atoms with E-state index in [1.54, 1.807) is 0 Å². The number of hydrogen-bond donors (Lipinski definition) is 2. The molecule has 2 N–H and O–H groups in total. The SMILES string of the molecule is OCCO.[K]. The molecule has 3 heteroatoms. The molecule has 0 spiro atoms. The molecule has 0 aromatic rings. The normalized spacial score (nSPS) is 6.00. The Hall–Kier alpha value is 1.56. The van der Waals surface area contributed by atoms with Crippen molar-refractivity contribution in [3.63, 3.8) is 0 Å². The number of aliphatic hydroxyl groups is 2. The van der Waals surface area contributed by atoms with Gasteiger partial charge in [0.05, 0.1) is 13.2 Å². The van der Waals surface area contributed by atoms with E-state index >= 15 is 0 Å². The number of aliphatic hydroxyl groups excluding tert-OH is 2. The molecule has 0 atom stereocenters. The molecule has 0 bridgehead atoms. The molecule has 0 heterocycles. The van der Waals surface area contributed by atoms with Crippen molar-refractivity contribution in [1.29, 1.82) is 0 Å². The summed E-state index contributed by atoms with van der Waals surface area (Å²) in [5, 5.41) is 15.2. The summed E-state index contributed by atoms with van der Waals surface area (Å²) < 4.78 is 0. The first-order valence-corrected chi connectivity index (χ1v) is 1.13. The van der Waals surface area contributed by atoms with Crippen LogP contribution in [0.25, 0.3) is 0 Å². The molecule has 0 aliphatic carbocycles. The summed E-state index contributed by atoms with van der Waals surface area (Å²) in [5.74, 6) is 0. The topological polar surface area (TPSA) is 40.5 Å². The van der Waals surface area contributed by atoms with E-state index in [-0.39, 0.29) is 64.6 Å². The Bertz CT molecular complexity index is 9.61. The maximum Gasteiger partial charge on any atom is 0.0662 e. The Morgan fingerprint density at radius 3 is 1.20 bits per heavy atom. The molecule has 0 aliphatic heterocycles. The maximum atomic E-state index is 7.62. The maximum absolute atomic E-state index is 7.62. The van der Waals surface area contributed by atoms with Crippen LogP contribution in [-0.4, -0.2) is 74.8 Å². The summed E-state index contributed by atoms with van der Waals surface area (Å²) in [6, 6.07) is 0. The molecule has 0 saturated carbocycles. The molecule has 0 saturated heterocycles. The minimum absolute atomic E-state index is 0. The van der Waals surface area contributed by atoms with E-state index in [4.69, 9.17) is 10.2 Å². The second-order valence-corrected chi connectivity index (χ2v) is 0.447. The van der Waals surface area contributed by atoms with Crippen molar-refractivity contribution < 1.29 is 10.2 Å². The van der Waals surface area contributed by atoms with Crippen molar-refractivity contribution in [2.45, 2.75) is 0 Å². The van der Waals surface area contributed by atoms with Gasteiger partial charge in [0, 0.05) is 51.4 Å². The van der Waals surface area contributed by atoms with Crippen molar-refractivity contribution in [3.05, 3.63) is 0 Å². The van der Waals surface area contributed by atoms with Crippen molar-refractivity contribution >= 4 is 51.4 Å². The van der Waals surface area contributed by atoms with Crippen molar-refractivity contribution in [2.24, 2.45) is 0 Å². The largest absolute Gasteiger partial charge is 0.394 e. The van der Waals surface area contributed by atoms with Gasteiger partial charge >= 0.3 is 0 Å². The average molecular weight is 101 g/mol. The Morgan fingerprint density at radius 2 is 1.20 bits per heavy atom. The minimum atomic E-state index is -0.125. The van der Waals surface area contributed by atoms with E-state index in [2.05, 4.69) is 0 Å². The Morgan fingerprint density at radius 1 is 1.00 bits per heavy atom. The van der Waals surface area contributed by atoms with E-state index in [1.807, 2.05) is 0 Å². The third-order valence-electron chi connectivity index (χ3n) is 0.1000. The third-order valence-corrected chi connectivity index (χ3v) is 0.1000. The van der Waals surface area contributed by atoms with Crippen molar-refractivity contribution in [3.8, 4) is 0 Å². The Kier molecular flexibility index (Phi) is 17.8. The van der Waals surface area contributed by atoms with Gasteiger partial charge in [-0.25, -0.2) is 0 Å². The zero-order valence-corrected chi connectivity index (χ0v) is 6.43. The number of hydrogen-bond acceptors (Lipinski definition) is 2. The zero-order chi connectivity index (χ0) is 3.41. The van der Waals surface area contributed by atoms with Gasteiger partial charge in [0.2, 0.25) is 0 Å². The minimum Gasteiger partial charge on any atom is -0.394 e. The second kappa shape index (κ2) is 9.12. The van der Waals surface area contributed by atoms with Crippen LogP contribution in [-0.2, 0) is 0 Å². The Balaban J connectivity index is 0. The van der Waals surface area contributed by atoms with Gasteiger partial charge in [0.15, 0.2) is 0 Å². The van der Waals surface area contributed by atoms with E-state index in [0.29, 0.717) is 0 Å². The van der Waals surface area contributed by atoms with E-state index in [0.717, 1.165) is 0 Å². The quantitative estimate of drug-likeness (QED) is 0.398. The first-order chi connectivity index (χ1) is 1.91. The van der Waals surface area contributed by atoms with Crippen LogP contribution in [0.15, 0.2) is 0 Å². The van der Waals surface area contributed by atoms with Crippen LogP contribution >= 0.6 is 0 Å². The summed E-state index contributed by atoms with van der Waals surface area (Å²) in [4.78, 5) is 0. The van der Waals surface area contributed by atoms with E-state index in [9.17, 15) is 0 Å². The summed E-state index contributed by atoms with van der Waals surface area (Å²) in [7, 11) is 0. The van der Waals surface area contributed by atoms with Crippen LogP contribution in [0.1, 0.15) is 0 Å². The zero-order valence-electron chi connectivity index (χ0n) is 3.31. The molecule has 0 unspecified atom stereocenters. The summed E-state index contributed by atoms with van der Waals surface area (Å²) >= 11 is 0. The molecule has 0 aromatic carbocycles. The summed E-state index contributed by atoms with van der Waals surface area (Å²) in [6.07, 6.45) is 0. The van der Waals surface area contributed by atoms with Gasteiger partial charge in [-0.1, -0.05) is 0 Å². The van der Waals surface area contributed by atoms with Gasteiger partial charge in [-0.15, -0.1) is 0 Å². The van der Waals surface area contributed by atoms with Crippen LogP contribution in [0.4, 0.5) is 0 Å². The van der Waals surface area contributed by atoms with Gasteiger partial charge < -0.3 is 10.2 Å². The average Bonchev–Trinajstić information content (AvgIpc) is 1.37. The van der Waals surface area contributed by atoms with Crippen LogP contribution < -0.4 is 0 Å². The molecule has 5 heavy (non-hydrogen) atoms. The standard InChI is InChI=1S/C2H6O2.K/c3-1-2-4;/h3-4H,1-2H2;. The molecular formula is C2H6KO2. The molecule has 27 valence electrons. The van der Waals surface area contributed by atoms with Gasteiger partial charge in [0.1, 0.15) is 0 Å². The summed E-state index contributed by atoms with van der Waals surface area (Å²) in [5.41, 5.74) is 0. The monoisotopic (exact) mass is 101 g/mol. The molecule has 0 fully saturated rings. The first-order valence-electron chi connectivity index (χ1n) is 1.13. The molecule has 0 aliphatic rings. The van der Waals surface area contributed by atoms with Gasteiger partial charge in [-0.2, -0.15) is 0 Å². The van der Waals surface area contributed by atoms with E-state index in [1.165, 1.54) is 0 Å². The smallest absolute Gasteiger partial charge is 0.0662 e. The van der Waals surface area contributed by atoms with Crippen LogP contribution in [0.3, 0.4) is 0 Å². The molecule has 0 amide bonds. The van der Waals surface area contributed by atoms with Gasteiger partial charge in [-0.3, -0.25) is 0 Å². The Labute approximate surface area is 73.6 Å². The fourth-order valence-corrected chi connectivity index (χ4v) is 0. The molecule has 2 nitrogen and oxygen atoms in total. The second-order valence-electron chi connectivity index (χ2n) is 0.447. The van der Waals surface area contributed by atoms with Crippen molar-refractivity contribution in [2.75, 3.05) is 13.2 Å². The van der Waals surface area contributed by atoms with E-state index < -0.39 is 0 Å². The van der Waals surface area contributed by atoms with Gasteiger partial charge in [-0.05, 0) is 0 Å². The van der Waals surface area contributed by atoms with Crippen LogP contribution in [0.5, 0.6) is 0 Å². The number of rotatable bonds is 1. The van der Waals surface area contributed by atoms with Gasteiger partial charge in [0.25, 0.3) is 0 Å². The fraction of sp³-hybridized carbons (Fsp3) is 1.00. The molecule has 1 radical (unpaired) electrons. The fourth-order valence-electron chi connectivity index (χ4n) is 0. The molecule has 0 rings (SSSR count). The third kappa shape index (κ3) is 10.8. The van der Waals surface area contributed by atoms with Crippen LogP contribution in [0, 0.1) is 0 Å². The summed E-state index contributed by atoms with van der Waals surface area (Å²) in [6.45, 7) is -0.250. The predicted octanol–water partition coefficient (Wildman–Crippen LogP) is -1.41. The molecule has 0 aromatic heterocycles. The van der Waals surface area contributed by atoms with Crippen molar-refractivity contribution in [1.82, 2.24) is 0 Å². The molecular weight excluding hydrogens is 95.1 g/mol. The predicted molar refractivity (Wildman–Crippen MR) is 19.9 cm³/mol. The van der Waals surface area contributed by atoms with Crippen LogP contribution in [0.2, 0.25) is 0 Å². The first kappa shape index (κ1) is 9.75.